The SMILES string of the molecule is O=C(CCc1ccsc1)N1CCOCC(CO)C1. The highest BCUT2D eigenvalue weighted by Crippen LogP contribution is 2.12. The van der Waals surface area contributed by atoms with Crippen LogP contribution in [0.4, 0.5) is 0 Å². The number of aliphatic hydroxyl groups is 1. The second-order valence-corrected chi connectivity index (χ2v) is 5.37. The lowest BCUT2D eigenvalue weighted by Crippen LogP contribution is -2.36. The zero-order valence-corrected chi connectivity index (χ0v) is 11.2. The summed E-state index contributed by atoms with van der Waals surface area (Å²) in [6.07, 6.45) is 1.33. The smallest absolute Gasteiger partial charge is 0.222 e. The lowest BCUT2D eigenvalue weighted by molar-refractivity contribution is -0.131. The van der Waals surface area contributed by atoms with E-state index in [0.717, 1.165) is 6.42 Å². The fourth-order valence-electron chi connectivity index (χ4n) is 2.06. The van der Waals surface area contributed by atoms with Crippen LogP contribution in [0.3, 0.4) is 0 Å². The van der Waals surface area contributed by atoms with Crippen molar-refractivity contribution in [3.05, 3.63) is 22.4 Å². The third-order valence-corrected chi connectivity index (χ3v) is 3.89. The van der Waals surface area contributed by atoms with Crippen molar-refractivity contribution in [3.8, 4) is 0 Å². The number of aryl methyl sites for hydroxylation is 1. The van der Waals surface area contributed by atoms with Crippen molar-refractivity contribution in [1.82, 2.24) is 4.90 Å². The zero-order valence-electron chi connectivity index (χ0n) is 10.4. The van der Waals surface area contributed by atoms with E-state index in [9.17, 15) is 9.90 Å². The van der Waals surface area contributed by atoms with Crippen LogP contribution < -0.4 is 0 Å². The van der Waals surface area contributed by atoms with Crippen molar-refractivity contribution in [2.45, 2.75) is 12.8 Å². The van der Waals surface area contributed by atoms with Gasteiger partial charge < -0.3 is 14.7 Å². The van der Waals surface area contributed by atoms with Gasteiger partial charge in [-0.2, -0.15) is 11.3 Å². The second-order valence-electron chi connectivity index (χ2n) is 4.59. The number of hydrogen-bond acceptors (Lipinski definition) is 4. The van der Waals surface area contributed by atoms with Crippen LogP contribution in [0.5, 0.6) is 0 Å². The minimum atomic E-state index is 0.0533. The van der Waals surface area contributed by atoms with Crippen LogP contribution in [0.1, 0.15) is 12.0 Å². The van der Waals surface area contributed by atoms with Gasteiger partial charge in [0.1, 0.15) is 0 Å². The molecule has 0 bridgehead atoms. The summed E-state index contributed by atoms with van der Waals surface area (Å²) in [5, 5.41) is 13.3. The Labute approximate surface area is 111 Å². The standard InChI is InChI=1S/C13H19NO3S/c15-8-12-7-14(4-5-17-9-12)13(16)2-1-11-3-6-18-10-11/h3,6,10,12,15H,1-2,4-5,7-9H2. The highest BCUT2D eigenvalue weighted by atomic mass is 32.1. The van der Waals surface area contributed by atoms with Gasteiger partial charge in [0, 0.05) is 32.0 Å². The van der Waals surface area contributed by atoms with Gasteiger partial charge >= 0.3 is 0 Å². The first-order valence-electron chi connectivity index (χ1n) is 6.27. The van der Waals surface area contributed by atoms with Gasteiger partial charge in [-0.3, -0.25) is 4.79 Å². The Bertz CT molecular complexity index is 366. The summed E-state index contributed by atoms with van der Waals surface area (Å²) >= 11 is 1.66. The third kappa shape index (κ3) is 3.80. The van der Waals surface area contributed by atoms with Crippen LogP contribution in [0.15, 0.2) is 16.8 Å². The molecule has 0 aromatic carbocycles. The van der Waals surface area contributed by atoms with Crippen molar-refractivity contribution < 1.29 is 14.6 Å². The summed E-state index contributed by atoms with van der Waals surface area (Å²) in [6, 6.07) is 2.06. The first kappa shape index (κ1) is 13.5. The molecule has 1 aromatic rings. The van der Waals surface area contributed by atoms with Crippen molar-refractivity contribution in [2.75, 3.05) is 32.9 Å². The van der Waals surface area contributed by atoms with Gasteiger partial charge in [0.2, 0.25) is 5.91 Å². The Hall–Kier alpha value is -0.910. The van der Waals surface area contributed by atoms with Crippen molar-refractivity contribution in [3.63, 3.8) is 0 Å². The maximum Gasteiger partial charge on any atom is 0.222 e. The van der Waals surface area contributed by atoms with Crippen LogP contribution in [-0.4, -0.2) is 48.8 Å². The average Bonchev–Trinajstić information content (AvgIpc) is 2.79. The van der Waals surface area contributed by atoms with Crippen LogP contribution >= 0.6 is 11.3 Å². The zero-order chi connectivity index (χ0) is 12.8. The van der Waals surface area contributed by atoms with Gasteiger partial charge in [-0.15, -0.1) is 0 Å². The molecule has 1 fully saturated rings. The topological polar surface area (TPSA) is 49.8 Å². The van der Waals surface area contributed by atoms with E-state index in [4.69, 9.17) is 4.74 Å². The van der Waals surface area contributed by atoms with E-state index in [2.05, 4.69) is 11.4 Å². The van der Waals surface area contributed by atoms with Gasteiger partial charge in [-0.05, 0) is 28.8 Å². The maximum absolute atomic E-state index is 12.1. The largest absolute Gasteiger partial charge is 0.396 e. The molecule has 0 spiro atoms. The molecule has 100 valence electrons. The minimum absolute atomic E-state index is 0.0533. The molecule has 5 heteroatoms. The third-order valence-electron chi connectivity index (χ3n) is 3.16. The minimum Gasteiger partial charge on any atom is -0.396 e. The van der Waals surface area contributed by atoms with Gasteiger partial charge in [-0.25, -0.2) is 0 Å². The quantitative estimate of drug-likeness (QED) is 0.892. The molecule has 0 saturated carbocycles. The van der Waals surface area contributed by atoms with E-state index >= 15 is 0 Å². The van der Waals surface area contributed by atoms with Crippen molar-refractivity contribution >= 4 is 17.2 Å². The number of rotatable bonds is 4. The molecule has 1 amide bonds. The van der Waals surface area contributed by atoms with Crippen LogP contribution in [-0.2, 0) is 16.0 Å². The molecule has 0 aliphatic carbocycles. The fraction of sp³-hybridized carbons (Fsp3) is 0.615. The molecule has 0 radical (unpaired) electrons. The summed E-state index contributed by atoms with van der Waals surface area (Å²) in [4.78, 5) is 13.9. The molecular weight excluding hydrogens is 250 g/mol. The highest BCUT2D eigenvalue weighted by Gasteiger charge is 2.21. The number of carbonyl (C=O) groups is 1. The Balaban J connectivity index is 1.83. The molecule has 1 aromatic heterocycles. The lowest BCUT2D eigenvalue weighted by Gasteiger charge is -2.22. The monoisotopic (exact) mass is 269 g/mol. The maximum atomic E-state index is 12.1. The fourth-order valence-corrected chi connectivity index (χ4v) is 2.76. The molecule has 1 aliphatic rings. The average molecular weight is 269 g/mol. The number of nitrogens with zero attached hydrogens (tertiary/aromatic N) is 1. The Morgan fingerprint density at radius 3 is 3.22 bits per heavy atom. The van der Waals surface area contributed by atoms with Crippen LogP contribution in [0, 0.1) is 5.92 Å². The molecule has 1 N–H and O–H groups in total. The molecule has 18 heavy (non-hydrogen) atoms. The van der Waals surface area contributed by atoms with Crippen molar-refractivity contribution in [1.29, 1.82) is 0 Å². The van der Waals surface area contributed by atoms with E-state index < -0.39 is 0 Å². The molecule has 1 aliphatic heterocycles. The Kier molecular flexibility index (Phi) is 5.16. The predicted octanol–water partition coefficient (Wildman–Crippen LogP) is 1.15. The van der Waals surface area contributed by atoms with E-state index in [1.807, 2.05) is 10.3 Å². The highest BCUT2D eigenvalue weighted by molar-refractivity contribution is 7.07. The van der Waals surface area contributed by atoms with E-state index in [1.54, 1.807) is 11.3 Å². The number of ether oxygens (including phenoxy) is 1. The predicted molar refractivity (Wildman–Crippen MR) is 70.6 cm³/mol. The van der Waals surface area contributed by atoms with Crippen LogP contribution in [0.2, 0.25) is 0 Å². The Morgan fingerprint density at radius 2 is 2.50 bits per heavy atom. The summed E-state index contributed by atoms with van der Waals surface area (Å²) in [5.74, 6) is 0.211. The van der Waals surface area contributed by atoms with Gasteiger partial charge in [0.15, 0.2) is 0 Å². The summed E-state index contributed by atoms with van der Waals surface area (Å²) in [5.41, 5.74) is 1.22. The molecule has 2 rings (SSSR count). The molecule has 1 unspecified atom stereocenters. The van der Waals surface area contributed by atoms with Gasteiger partial charge in [0.25, 0.3) is 0 Å². The number of thiophene rings is 1. The number of aliphatic hydroxyl groups excluding tert-OH is 1. The number of amides is 1. The lowest BCUT2D eigenvalue weighted by atomic mass is 10.1. The van der Waals surface area contributed by atoms with Crippen LogP contribution in [0.25, 0.3) is 0 Å². The van der Waals surface area contributed by atoms with Crippen molar-refractivity contribution in [2.24, 2.45) is 5.92 Å². The summed E-state index contributed by atoms with van der Waals surface area (Å²) in [6.45, 7) is 2.44. The molecular formula is C13H19NO3S. The normalized spacial score (nSPS) is 20.7. The first-order valence-corrected chi connectivity index (χ1v) is 7.21. The number of carbonyl (C=O) groups excluding carboxylic acids is 1. The summed E-state index contributed by atoms with van der Waals surface area (Å²) in [7, 11) is 0. The van der Waals surface area contributed by atoms with Gasteiger partial charge in [-0.1, -0.05) is 0 Å². The number of hydrogen-bond donors (Lipinski definition) is 1. The summed E-state index contributed by atoms with van der Waals surface area (Å²) < 4.78 is 5.38. The molecule has 4 nitrogen and oxygen atoms in total. The molecule has 1 saturated heterocycles. The molecule has 2 heterocycles. The second kappa shape index (κ2) is 6.87. The molecule has 1 atom stereocenters. The van der Waals surface area contributed by atoms with Gasteiger partial charge in [0.05, 0.1) is 13.2 Å². The van der Waals surface area contributed by atoms with E-state index in [-0.39, 0.29) is 18.4 Å². The van der Waals surface area contributed by atoms with E-state index in [1.165, 1.54) is 5.56 Å². The Morgan fingerprint density at radius 1 is 1.61 bits per heavy atom. The van der Waals surface area contributed by atoms with E-state index in [0.29, 0.717) is 32.7 Å². The first-order chi connectivity index (χ1) is 8.79.